The first-order valence-electron chi connectivity index (χ1n) is 14.1. The van der Waals surface area contributed by atoms with Crippen molar-refractivity contribution in [2.24, 2.45) is 0 Å². The van der Waals surface area contributed by atoms with Crippen molar-refractivity contribution in [1.82, 2.24) is 9.55 Å². The Bertz CT molecular complexity index is 1830. The minimum atomic E-state index is -1.54. The van der Waals surface area contributed by atoms with Crippen LogP contribution in [0, 0.1) is 5.82 Å². The first-order chi connectivity index (χ1) is 20.8. The normalized spacial score (nSPS) is 14.5. The monoisotopic (exact) mass is 598 g/mol. The van der Waals surface area contributed by atoms with E-state index in [1.165, 1.54) is 24.6 Å². The van der Waals surface area contributed by atoms with Gasteiger partial charge >= 0.3 is 11.9 Å². The second kappa shape index (κ2) is 11.9. The zero-order chi connectivity index (χ0) is 30.1. The number of carboxylic acid groups (broad SMARTS) is 2. The van der Waals surface area contributed by atoms with E-state index in [1.807, 2.05) is 30.3 Å². The van der Waals surface area contributed by atoms with E-state index in [0.29, 0.717) is 11.1 Å². The second-order valence-corrected chi connectivity index (χ2v) is 11.1. The summed E-state index contributed by atoms with van der Waals surface area (Å²) in [6.07, 6.45) is 5.61. The Morgan fingerprint density at radius 1 is 0.907 bits per heavy atom. The number of ether oxygens (including phenoxy) is 1. The van der Waals surface area contributed by atoms with Gasteiger partial charge in [-0.3, -0.25) is 0 Å². The number of fused-ring (bicyclic) bond motifs is 1. The number of hydrogen-bond acceptors (Lipinski definition) is 4. The number of hydrogen-bond donors (Lipinski definition) is 2. The van der Waals surface area contributed by atoms with Crippen LogP contribution in [-0.2, 0) is 4.79 Å². The lowest BCUT2D eigenvalue weighted by molar-refractivity contribution is -0.145. The summed E-state index contributed by atoms with van der Waals surface area (Å²) < 4.78 is 23.7. The van der Waals surface area contributed by atoms with Gasteiger partial charge in [0.15, 0.2) is 0 Å². The summed E-state index contributed by atoms with van der Waals surface area (Å²) in [5, 5.41) is 20.3. The van der Waals surface area contributed by atoms with Gasteiger partial charge in [-0.05, 0) is 54.3 Å². The summed E-state index contributed by atoms with van der Waals surface area (Å²) >= 11 is 6.49. The molecule has 1 atom stereocenters. The lowest BCUT2D eigenvalue weighted by Crippen LogP contribution is -2.19. The van der Waals surface area contributed by atoms with Crippen LogP contribution in [-0.4, -0.2) is 31.7 Å². The smallest absolute Gasteiger partial charge is 0.349 e. The van der Waals surface area contributed by atoms with Crippen LogP contribution in [0.4, 0.5) is 4.39 Å². The van der Waals surface area contributed by atoms with Gasteiger partial charge in [-0.1, -0.05) is 73.3 Å². The third-order valence-electron chi connectivity index (χ3n) is 8.02. The molecule has 9 heteroatoms. The van der Waals surface area contributed by atoms with E-state index in [1.54, 1.807) is 30.6 Å². The third-order valence-corrected chi connectivity index (χ3v) is 8.35. The van der Waals surface area contributed by atoms with E-state index in [4.69, 9.17) is 16.3 Å². The Kier molecular flexibility index (Phi) is 7.86. The van der Waals surface area contributed by atoms with Crippen LogP contribution in [0.15, 0.2) is 85.2 Å². The number of benzene rings is 4. The number of aromatic carboxylic acids is 1. The summed E-state index contributed by atoms with van der Waals surface area (Å²) in [5.74, 6) is -3.31. The minimum absolute atomic E-state index is 0.0437. The van der Waals surface area contributed by atoms with E-state index >= 15 is 4.39 Å². The SMILES string of the molecule is O=C(O)c1cc2ncn(C3CCCCC3)c2cc1-c1ccc(OC(C(=O)O)c2c(Cl)cccc2-c2ccccc2)cc1F. The fraction of sp³-hybridized carbons (Fsp3) is 0.206. The molecule has 1 aromatic heterocycles. The molecule has 2 N–H and O–H groups in total. The lowest BCUT2D eigenvalue weighted by Gasteiger charge is -2.24. The molecule has 5 aromatic rings. The van der Waals surface area contributed by atoms with Crippen molar-refractivity contribution in [2.45, 2.75) is 44.2 Å². The first kappa shape index (κ1) is 28.4. The molecule has 0 saturated heterocycles. The standard InChI is InChI=1S/C34H28ClFN2O5/c35-27-13-7-12-23(20-8-3-1-4-9-20)31(27)32(34(41)42)43-22-14-15-24(28(36)16-22)25-18-30-29(17-26(25)33(39)40)37-19-38(30)21-10-5-2-6-11-21/h1,3-4,7-9,12-19,21,32H,2,5-6,10-11H2,(H,39,40)(H,41,42). The highest BCUT2D eigenvalue weighted by atomic mass is 35.5. The van der Waals surface area contributed by atoms with Crippen molar-refractivity contribution in [3.63, 3.8) is 0 Å². The fourth-order valence-electron chi connectivity index (χ4n) is 5.95. The summed E-state index contributed by atoms with van der Waals surface area (Å²) in [6.45, 7) is 0. The van der Waals surface area contributed by atoms with Gasteiger partial charge < -0.3 is 19.5 Å². The van der Waals surface area contributed by atoms with Crippen LogP contribution in [0.25, 0.3) is 33.3 Å². The Morgan fingerprint density at radius 3 is 2.37 bits per heavy atom. The van der Waals surface area contributed by atoms with E-state index < -0.39 is 23.9 Å². The summed E-state index contributed by atoms with van der Waals surface area (Å²) in [7, 11) is 0. The molecule has 1 heterocycles. The lowest BCUT2D eigenvalue weighted by atomic mass is 9.94. The zero-order valence-electron chi connectivity index (χ0n) is 23.0. The highest BCUT2D eigenvalue weighted by Crippen LogP contribution is 2.39. The maximum atomic E-state index is 15.8. The van der Waals surface area contributed by atoms with Crippen LogP contribution in [0.2, 0.25) is 5.02 Å². The van der Waals surface area contributed by atoms with Gasteiger partial charge in [0.25, 0.3) is 0 Å². The average Bonchev–Trinajstić information content (AvgIpc) is 3.43. The molecular weight excluding hydrogens is 571 g/mol. The number of carbonyl (C=O) groups is 2. The number of aromatic nitrogens is 2. The number of carboxylic acids is 2. The predicted octanol–water partition coefficient (Wildman–Crippen LogP) is 8.57. The molecule has 4 aromatic carbocycles. The predicted molar refractivity (Wildman–Crippen MR) is 162 cm³/mol. The van der Waals surface area contributed by atoms with Gasteiger partial charge in [0.2, 0.25) is 6.10 Å². The Balaban J connectivity index is 1.38. The van der Waals surface area contributed by atoms with Crippen molar-refractivity contribution in [1.29, 1.82) is 0 Å². The largest absolute Gasteiger partial charge is 0.478 e. The average molecular weight is 599 g/mol. The molecular formula is C34H28ClFN2O5. The molecule has 1 unspecified atom stereocenters. The number of rotatable bonds is 8. The molecule has 0 bridgehead atoms. The quantitative estimate of drug-likeness (QED) is 0.185. The third kappa shape index (κ3) is 5.58. The van der Waals surface area contributed by atoms with Crippen LogP contribution < -0.4 is 4.74 Å². The summed E-state index contributed by atoms with van der Waals surface area (Å²) in [5.41, 5.74) is 3.01. The van der Waals surface area contributed by atoms with Crippen LogP contribution >= 0.6 is 11.6 Å². The van der Waals surface area contributed by atoms with Crippen molar-refractivity contribution in [2.75, 3.05) is 0 Å². The number of imidazole rings is 1. The molecule has 0 radical (unpaired) electrons. The maximum Gasteiger partial charge on any atom is 0.349 e. The number of halogens is 2. The molecule has 0 aliphatic heterocycles. The van der Waals surface area contributed by atoms with Gasteiger partial charge in [-0.2, -0.15) is 0 Å². The van der Waals surface area contributed by atoms with Crippen LogP contribution in [0.1, 0.15) is 60.2 Å². The van der Waals surface area contributed by atoms with E-state index in [-0.39, 0.29) is 39.1 Å². The minimum Gasteiger partial charge on any atom is -0.478 e. The van der Waals surface area contributed by atoms with Gasteiger partial charge in [0.05, 0.1) is 22.9 Å². The second-order valence-electron chi connectivity index (χ2n) is 10.7. The topological polar surface area (TPSA) is 102 Å². The van der Waals surface area contributed by atoms with Gasteiger partial charge in [-0.15, -0.1) is 0 Å². The molecule has 1 fully saturated rings. The van der Waals surface area contributed by atoms with Crippen LogP contribution in [0.3, 0.4) is 0 Å². The van der Waals surface area contributed by atoms with E-state index in [9.17, 15) is 19.8 Å². The molecule has 0 amide bonds. The van der Waals surface area contributed by atoms with Gasteiger partial charge in [-0.25, -0.2) is 19.0 Å². The number of aliphatic carboxylic acids is 1. The molecule has 1 saturated carbocycles. The van der Waals surface area contributed by atoms with E-state index in [0.717, 1.165) is 42.8 Å². The van der Waals surface area contributed by atoms with Gasteiger partial charge in [0, 0.05) is 33.8 Å². The molecule has 1 aliphatic rings. The van der Waals surface area contributed by atoms with Gasteiger partial charge in [0.1, 0.15) is 11.6 Å². The molecule has 1 aliphatic carbocycles. The Morgan fingerprint density at radius 2 is 1.67 bits per heavy atom. The van der Waals surface area contributed by atoms with E-state index in [2.05, 4.69) is 9.55 Å². The summed E-state index contributed by atoms with van der Waals surface area (Å²) in [6, 6.07) is 21.5. The highest BCUT2D eigenvalue weighted by Gasteiger charge is 2.29. The fourth-order valence-corrected chi connectivity index (χ4v) is 6.23. The molecule has 0 spiro atoms. The zero-order valence-corrected chi connectivity index (χ0v) is 23.8. The van der Waals surface area contributed by atoms with Crippen molar-refractivity contribution < 1.29 is 28.9 Å². The summed E-state index contributed by atoms with van der Waals surface area (Å²) in [4.78, 5) is 29.1. The number of nitrogens with zero attached hydrogens (tertiary/aromatic N) is 2. The maximum absolute atomic E-state index is 15.8. The van der Waals surface area contributed by atoms with Crippen molar-refractivity contribution in [3.8, 4) is 28.0 Å². The Labute approximate surface area is 252 Å². The molecule has 218 valence electrons. The molecule has 43 heavy (non-hydrogen) atoms. The first-order valence-corrected chi connectivity index (χ1v) is 14.5. The molecule has 7 nitrogen and oxygen atoms in total. The van der Waals surface area contributed by atoms with Crippen molar-refractivity contribution >= 4 is 34.6 Å². The molecule has 6 rings (SSSR count). The van der Waals surface area contributed by atoms with Crippen molar-refractivity contribution in [3.05, 3.63) is 107 Å². The van der Waals surface area contributed by atoms with Crippen LogP contribution in [0.5, 0.6) is 5.75 Å². The highest BCUT2D eigenvalue weighted by molar-refractivity contribution is 6.32. The Hall–Kier alpha value is -4.69.